The number of aromatic nitrogens is 2. The third-order valence-electron chi connectivity index (χ3n) is 5.81. The van der Waals surface area contributed by atoms with Gasteiger partial charge in [-0.05, 0) is 30.5 Å². The average Bonchev–Trinajstić information content (AvgIpc) is 3.39. The lowest BCUT2D eigenvalue weighted by molar-refractivity contribution is -0.129. The number of nitrogens with zero attached hydrogens (tertiary/aromatic N) is 3. The summed E-state index contributed by atoms with van der Waals surface area (Å²) in [6.45, 7) is 1.87. The van der Waals surface area contributed by atoms with Crippen LogP contribution < -0.4 is 5.32 Å². The van der Waals surface area contributed by atoms with E-state index in [2.05, 4.69) is 20.2 Å². The molecule has 7 heteroatoms. The standard InChI is InChI=1S/C20H27N5O2/c1-24(11-15-9-19(26)25(12-15)16-4-2-3-5-16)20(27)21-10-14-6-7-17-18(8-14)23-13-22-17/h6-8,13,15-16H,2-5,9-12H2,1H3,(H,21,27)(H,22,23)/t15-/m0/s1. The van der Waals surface area contributed by atoms with Gasteiger partial charge < -0.3 is 20.1 Å². The largest absolute Gasteiger partial charge is 0.345 e. The highest BCUT2D eigenvalue weighted by Gasteiger charge is 2.36. The highest BCUT2D eigenvalue weighted by Crippen LogP contribution is 2.29. The first-order chi connectivity index (χ1) is 13.1. The van der Waals surface area contributed by atoms with Crippen LogP contribution in [0.1, 0.15) is 37.7 Å². The van der Waals surface area contributed by atoms with Crippen LogP contribution in [0.3, 0.4) is 0 Å². The molecule has 0 radical (unpaired) electrons. The van der Waals surface area contributed by atoms with Crippen LogP contribution in [0.15, 0.2) is 24.5 Å². The van der Waals surface area contributed by atoms with Gasteiger partial charge in [0.1, 0.15) is 0 Å². The number of carbonyl (C=O) groups excluding carboxylic acids is 2. The quantitative estimate of drug-likeness (QED) is 0.850. The molecule has 1 aliphatic heterocycles. The SMILES string of the molecule is CN(C[C@@H]1CC(=O)N(C2CCCC2)C1)C(=O)NCc1ccc2nc[nH]c2c1. The van der Waals surface area contributed by atoms with E-state index in [0.717, 1.165) is 36.0 Å². The molecule has 0 bridgehead atoms. The van der Waals surface area contributed by atoms with E-state index in [-0.39, 0.29) is 17.9 Å². The van der Waals surface area contributed by atoms with E-state index >= 15 is 0 Å². The summed E-state index contributed by atoms with van der Waals surface area (Å²) in [6, 6.07) is 6.24. The van der Waals surface area contributed by atoms with Crippen LogP contribution in [0.2, 0.25) is 0 Å². The Hall–Kier alpha value is -2.57. The lowest BCUT2D eigenvalue weighted by Crippen LogP contribution is -2.40. The van der Waals surface area contributed by atoms with Crippen LogP contribution in [0, 0.1) is 5.92 Å². The second-order valence-corrected chi connectivity index (χ2v) is 7.85. The second-order valence-electron chi connectivity index (χ2n) is 7.85. The summed E-state index contributed by atoms with van der Waals surface area (Å²) < 4.78 is 0. The Bertz CT molecular complexity index is 827. The van der Waals surface area contributed by atoms with Crippen molar-refractivity contribution in [2.45, 2.75) is 44.7 Å². The zero-order chi connectivity index (χ0) is 18.8. The van der Waals surface area contributed by atoms with Crippen molar-refractivity contribution in [1.29, 1.82) is 0 Å². The minimum Gasteiger partial charge on any atom is -0.345 e. The Balaban J connectivity index is 1.27. The number of rotatable bonds is 5. The summed E-state index contributed by atoms with van der Waals surface area (Å²) in [5.41, 5.74) is 2.91. The number of H-pyrrole nitrogens is 1. The molecule has 3 amide bonds. The number of fused-ring (bicyclic) bond motifs is 1. The van der Waals surface area contributed by atoms with Crippen molar-refractivity contribution in [3.63, 3.8) is 0 Å². The highest BCUT2D eigenvalue weighted by molar-refractivity contribution is 5.79. The van der Waals surface area contributed by atoms with E-state index in [1.165, 1.54) is 12.8 Å². The molecule has 2 fully saturated rings. The Morgan fingerprint density at radius 3 is 3.00 bits per heavy atom. The van der Waals surface area contributed by atoms with Crippen LogP contribution >= 0.6 is 0 Å². The molecule has 4 rings (SSSR count). The van der Waals surface area contributed by atoms with Crippen molar-refractivity contribution in [3.8, 4) is 0 Å². The number of nitrogens with one attached hydrogen (secondary N) is 2. The van der Waals surface area contributed by atoms with Crippen molar-refractivity contribution in [2.75, 3.05) is 20.1 Å². The van der Waals surface area contributed by atoms with Crippen molar-refractivity contribution in [3.05, 3.63) is 30.1 Å². The Labute approximate surface area is 159 Å². The summed E-state index contributed by atoms with van der Waals surface area (Å²) in [5, 5.41) is 2.96. The molecule has 1 aromatic carbocycles. The molecule has 1 atom stereocenters. The molecular weight excluding hydrogens is 342 g/mol. The van der Waals surface area contributed by atoms with Crippen molar-refractivity contribution >= 4 is 23.0 Å². The maximum atomic E-state index is 12.4. The predicted octanol–water partition coefficient (Wildman–Crippen LogP) is 2.50. The van der Waals surface area contributed by atoms with Gasteiger partial charge in [0.2, 0.25) is 5.91 Å². The number of likely N-dealkylation sites (tertiary alicyclic amines) is 1. The molecule has 0 unspecified atom stereocenters. The molecule has 2 N–H and O–H groups in total. The molecular formula is C20H27N5O2. The van der Waals surface area contributed by atoms with Gasteiger partial charge in [-0.3, -0.25) is 4.79 Å². The number of aromatic amines is 1. The van der Waals surface area contributed by atoms with Gasteiger partial charge in [-0.15, -0.1) is 0 Å². The molecule has 1 saturated heterocycles. The van der Waals surface area contributed by atoms with Gasteiger partial charge in [-0.1, -0.05) is 18.9 Å². The van der Waals surface area contributed by atoms with Gasteiger partial charge >= 0.3 is 6.03 Å². The van der Waals surface area contributed by atoms with Gasteiger partial charge in [0.05, 0.1) is 17.4 Å². The van der Waals surface area contributed by atoms with Crippen molar-refractivity contribution in [2.24, 2.45) is 5.92 Å². The molecule has 2 aromatic rings. The maximum Gasteiger partial charge on any atom is 0.317 e. The first-order valence-electron chi connectivity index (χ1n) is 9.80. The number of amides is 3. The van der Waals surface area contributed by atoms with E-state index in [1.807, 2.05) is 18.2 Å². The first-order valence-corrected chi connectivity index (χ1v) is 9.80. The minimum atomic E-state index is -0.105. The highest BCUT2D eigenvalue weighted by atomic mass is 16.2. The number of benzene rings is 1. The number of carbonyl (C=O) groups is 2. The maximum absolute atomic E-state index is 12.4. The topological polar surface area (TPSA) is 81.3 Å². The zero-order valence-corrected chi connectivity index (χ0v) is 15.8. The lowest BCUT2D eigenvalue weighted by atomic mass is 10.1. The third kappa shape index (κ3) is 3.91. The third-order valence-corrected chi connectivity index (χ3v) is 5.81. The van der Waals surface area contributed by atoms with E-state index in [4.69, 9.17) is 0 Å². The molecule has 7 nitrogen and oxygen atoms in total. The Kier molecular flexibility index (Phi) is 5.01. The summed E-state index contributed by atoms with van der Waals surface area (Å²) in [7, 11) is 1.80. The summed E-state index contributed by atoms with van der Waals surface area (Å²) >= 11 is 0. The van der Waals surface area contributed by atoms with E-state index in [1.54, 1.807) is 18.3 Å². The fourth-order valence-corrected chi connectivity index (χ4v) is 4.38. The van der Waals surface area contributed by atoms with Crippen LogP contribution in [-0.2, 0) is 11.3 Å². The van der Waals surface area contributed by atoms with Gasteiger partial charge in [0.25, 0.3) is 0 Å². The smallest absolute Gasteiger partial charge is 0.317 e. The van der Waals surface area contributed by atoms with Gasteiger partial charge in [-0.2, -0.15) is 0 Å². The van der Waals surface area contributed by atoms with Crippen molar-refractivity contribution in [1.82, 2.24) is 25.1 Å². The zero-order valence-electron chi connectivity index (χ0n) is 15.8. The molecule has 1 aromatic heterocycles. The average molecular weight is 369 g/mol. The fraction of sp³-hybridized carbons (Fsp3) is 0.550. The van der Waals surface area contributed by atoms with Crippen LogP contribution in [0.25, 0.3) is 11.0 Å². The fourth-order valence-electron chi connectivity index (χ4n) is 4.38. The molecule has 27 heavy (non-hydrogen) atoms. The first kappa shape index (κ1) is 17.8. The Morgan fingerprint density at radius 1 is 1.37 bits per heavy atom. The molecule has 1 aliphatic carbocycles. The molecule has 144 valence electrons. The number of imidazole rings is 1. The molecule has 0 spiro atoms. The number of hydrogen-bond donors (Lipinski definition) is 2. The van der Waals surface area contributed by atoms with Crippen molar-refractivity contribution < 1.29 is 9.59 Å². The Morgan fingerprint density at radius 2 is 2.19 bits per heavy atom. The number of hydrogen-bond acceptors (Lipinski definition) is 3. The van der Waals surface area contributed by atoms with Gasteiger partial charge in [-0.25, -0.2) is 9.78 Å². The molecule has 2 aliphatic rings. The predicted molar refractivity (Wildman–Crippen MR) is 103 cm³/mol. The van der Waals surface area contributed by atoms with Gasteiger partial charge in [0.15, 0.2) is 0 Å². The van der Waals surface area contributed by atoms with Crippen LogP contribution in [-0.4, -0.2) is 57.9 Å². The van der Waals surface area contributed by atoms with Crippen LogP contribution in [0.5, 0.6) is 0 Å². The van der Waals surface area contributed by atoms with E-state index < -0.39 is 0 Å². The van der Waals surface area contributed by atoms with Crippen LogP contribution in [0.4, 0.5) is 4.79 Å². The summed E-state index contributed by atoms with van der Waals surface area (Å²) in [6.07, 6.45) is 6.95. The molecule has 1 saturated carbocycles. The normalized spacial score (nSPS) is 20.6. The summed E-state index contributed by atoms with van der Waals surface area (Å²) in [5.74, 6) is 0.490. The van der Waals surface area contributed by atoms with Gasteiger partial charge in [0, 0.05) is 45.1 Å². The molecule has 2 heterocycles. The monoisotopic (exact) mass is 369 g/mol. The van der Waals surface area contributed by atoms with E-state index in [0.29, 0.717) is 25.6 Å². The summed E-state index contributed by atoms with van der Waals surface area (Å²) in [4.78, 5) is 35.8. The number of urea groups is 1. The lowest BCUT2D eigenvalue weighted by Gasteiger charge is -2.25. The second kappa shape index (κ2) is 7.58. The minimum absolute atomic E-state index is 0.105. The van der Waals surface area contributed by atoms with E-state index in [9.17, 15) is 9.59 Å².